The lowest BCUT2D eigenvalue weighted by atomic mass is 10.1. The van der Waals surface area contributed by atoms with Crippen molar-refractivity contribution in [3.05, 3.63) is 36.1 Å². The number of para-hydroxylation sites is 1. The summed E-state index contributed by atoms with van der Waals surface area (Å²) in [6.07, 6.45) is 4.00. The van der Waals surface area contributed by atoms with E-state index in [2.05, 4.69) is 12.1 Å². The van der Waals surface area contributed by atoms with Gasteiger partial charge in [0.05, 0.1) is 0 Å². The van der Waals surface area contributed by atoms with E-state index in [0.29, 0.717) is 6.61 Å². The van der Waals surface area contributed by atoms with Crippen LogP contribution in [0.25, 0.3) is 11.0 Å². The van der Waals surface area contributed by atoms with E-state index in [-0.39, 0.29) is 0 Å². The van der Waals surface area contributed by atoms with E-state index < -0.39 is 0 Å². The standard InChI is InChI=1S/C13H16O2/c14-9-5-1-2-7-12-10-11-6-3-4-8-13(11)15-12/h3-4,6,8,10,14H,1-2,5,7,9H2. The Morgan fingerprint density at radius 2 is 1.93 bits per heavy atom. The van der Waals surface area contributed by atoms with Crippen molar-refractivity contribution in [3.8, 4) is 0 Å². The first-order chi connectivity index (χ1) is 7.40. The molecular formula is C13H16O2. The molecule has 0 aliphatic heterocycles. The summed E-state index contributed by atoms with van der Waals surface area (Å²) in [7, 11) is 0. The molecule has 0 amide bonds. The zero-order valence-electron chi connectivity index (χ0n) is 8.78. The maximum atomic E-state index is 8.65. The van der Waals surface area contributed by atoms with Crippen molar-refractivity contribution < 1.29 is 9.52 Å². The molecule has 15 heavy (non-hydrogen) atoms. The van der Waals surface area contributed by atoms with E-state index >= 15 is 0 Å². The molecule has 0 unspecified atom stereocenters. The van der Waals surface area contributed by atoms with Crippen LogP contribution in [0.15, 0.2) is 34.7 Å². The van der Waals surface area contributed by atoms with Gasteiger partial charge in [-0.1, -0.05) is 24.6 Å². The van der Waals surface area contributed by atoms with Gasteiger partial charge in [0.1, 0.15) is 11.3 Å². The Balaban J connectivity index is 1.97. The molecule has 0 atom stereocenters. The van der Waals surface area contributed by atoms with Crippen LogP contribution in [0.1, 0.15) is 25.0 Å². The van der Waals surface area contributed by atoms with Gasteiger partial charge in [0.2, 0.25) is 0 Å². The Morgan fingerprint density at radius 3 is 2.73 bits per heavy atom. The predicted molar refractivity (Wildman–Crippen MR) is 60.9 cm³/mol. The third-order valence-corrected chi connectivity index (χ3v) is 2.56. The minimum Gasteiger partial charge on any atom is -0.461 e. The van der Waals surface area contributed by atoms with Gasteiger partial charge in [-0.25, -0.2) is 0 Å². The molecule has 0 aliphatic carbocycles. The summed E-state index contributed by atoms with van der Waals surface area (Å²) in [5, 5.41) is 9.83. The molecule has 2 rings (SSSR count). The molecule has 0 saturated heterocycles. The summed E-state index contributed by atoms with van der Waals surface area (Å²) in [6, 6.07) is 10.2. The highest BCUT2D eigenvalue weighted by Gasteiger charge is 2.01. The summed E-state index contributed by atoms with van der Waals surface area (Å²) >= 11 is 0. The fraction of sp³-hybridized carbons (Fsp3) is 0.385. The summed E-state index contributed by atoms with van der Waals surface area (Å²) in [4.78, 5) is 0. The number of rotatable bonds is 5. The van der Waals surface area contributed by atoms with Crippen molar-refractivity contribution in [1.29, 1.82) is 0 Å². The van der Waals surface area contributed by atoms with E-state index in [4.69, 9.17) is 9.52 Å². The Labute approximate surface area is 89.5 Å². The average Bonchev–Trinajstić information content (AvgIpc) is 2.67. The maximum Gasteiger partial charge on any atom is 0.134 e. The van der Waals surface area contributed by atoms with Crippen LogP contribution < -0.4 is 0 Å². The Kier molecular flexibility index (Phi) is 3.41. The molecule has 1 heterocycles. The molecule has 0 saturated carbocycles. The van der Waals surface area contributed by atoms with Crippen molar-refractivity contribution in [2.75, 3.05) is 6.61 Å². The van der Waals surface area contributed by atoms with Gasteiger partial charge in [-0.05, 0) is 25.0 Å². The van der Waals surface area contributed by atoms with Gasteiger partial charge >= 0.3 is 0 Å². The monoisotopic (exact) mass is 204 g/mol. The van der Waals surface area contributed by atoms with Crippen LogP contribution in [0, 0.1) is 0 Å². The zero-order chi connectivity index (χ0) is 10.5. The van der Waals surface area contributed by atoms with Crippen LogP contribution in [0.4, 0.5) is 0 Å². The number of aliphatic hydroxyl groups excluding tert-OH is 1. The quantitative estimate of drug-likeness (QED) is 0.759. The second kappa shape index (κ2) is 4.99. The van der Waals surface area contributed by atoms with Crippen molar-refractivity contribution in [1.82, 2.24) is 0 Å². The largest absolute Gasteiger partial charge is 0.461 e. The number of furan rings is 1. The first-order valence-corrected chi connectivity index (χ1v) is 5.48. The number of benzene rings is 1. The number of hydrogen-bond donors (Lipinski definition) is 1. The van der Waals surface area contributed by atoms with Gasteiger partial charge < -0.3 is 9.52 Å². The molecule has 2 aromatic rings. The molecule has 2 nitrogen and oxygen atoms in total. The number of aryl methyl sites for hydroxylation is 1. The lowest BCUT2D eigenvalue weighted by molar-refractivity contribution is 0.282. The lowest BCUT2D eigenvalue weighted by Gasteiger charge is -1.95. The minimum absolute atomic E-state index is 0.292. The Bertz CT molecular complexity index is 384. The van der Waals surface area contributed by atoms with Gasteiger partial charge in [-0.2, -0.15) is 0 Å². The minimum atomic E-state index is 0.292. The maximum absolute atomic E-state index is 8.65. The lowest BCUT2D eigenvalue weighted by Crippen LogP contribution is -1.85. The van der Waals surface area contributed by atoms with Crippen molar-refractivity contribution in [3.63, 3.8) is 0 Å². The number of aliphatic hydroxyl groups is 1. The molecule has 1 N–H and O–H groups in total. The summed E-state index contributed by atoms with van der Waals surface area (Å²) in [5.41, 5.74) is 0.967. The smallest absolute Gasteiger partial charge is 0.134 e. The van der Waals surface area contributed by atoms with Gasteiger partial charge in [0.15, 0.2) is 0 Å². The van der Waals surface area contributed by atoms with Crippen molar-refractivity contribution >= 4 is 11.0 Å². The van der Waals surface area contributed by atoms with Gasteiger partial charge in [-0.15, -0.1) is 0 Å². The molecule has 0 aliphatic rings. The molecule has 0 bridgehead atoms. The highest BCUT2D eigenvalue weighted by Crippen LogP contribution is 2.20. The Hall–Kier alpha value is -1.28. The molecule has 2 heteroatoms. The van der Waals surface area contributed by atoms with E-state index in [0.717, 1.165) is 37.0 Å². The van der Waals surface area contributed by atoms with Gasteiger partial charge in [0, 0.05) is 18.4 Å². The molecule has 80 valence electrons. The van der Waals surface area contributed by atoms with Crippen molar-refractivity contribution in [2.24, 2.45) is 0 Å². The molecule has 0 spiro atoms. The zero-order valence-corrected chi connectivity index (χ0v) is 8.78. The highest BCUT2D eigenvalue weighted by molar-refractivity contribution is 5.77. The normalized spacial score (nSPS) is 11.0. The number of fused-ring (bicyclic) bond motifs is 1. The van der Waals surface area contributed by atoms with E-state index in [1.54, 1.807) is 0 Å². The predicted octanol–water partition coefficient (Wildman–Crippen LogP) is 3.14. The molecule has 1 aromatic carbocycles. The third kappa shape index (κ3) is 2.60. The first-order valence-electron chi connectivity index (χ1n) is 5.48. The van der Waals surface area contributed by atoms with Crippen LogP contribution in [0.5, 0.6) is 0 Å². The summed E-state index contributed by atoms with van der Waals surface area (Å²) < 4.78 is 5.69. The highest BCUT2D eigenvalue weighted by atomic mass is 16.3. The molecule has 0 fully saturated rings. The van der Waals surface area contributed by atoms with Crippen LogP contribution in [-0.2, 0) is 6.42 Å². The van der Waals surface area contributed by atoms with Crippen molar-refractivity contribution in [2.45, 2.75) is 25.7 Å². The number of hydrogen-bond acceptors (Lipinski definition) is 2. The van der Waals surface area contributed by atoms with Crippen LogP contribution in [0.3, 0.4) is 0 Å². The fourth-order valence-corrected chi connectivity index (χ4v) is 1.75. The van der Waals surface area contributed by atoms with E-state index in [9.17, 15) is 0 Å². The second-order valence-electron chi connectivity index (χ2n) is 3.78. The summed E-state index contributed by atoms with van der Waals surface area (Å²) in [5.74, 6) is 1.05. The fourth-order valence-electron chi connectivity index (χ4n) is 1.75. The second-order valence-corrected chi connectivity index (χ2v) is 3.78. The van der Waals surface area contributed by atoms with E-state index in [1.807, 2.05) is 18.2 Å². The topological polar surface area (TPSA) is 33.4 Å². The van der Waals surface area contributed by atoms with Crippen LogP contribution in [0.2, 0.25) is 0 Å². The molecular weight excluding hydrogens is 188 g/mol. The third-order valence-electron chi connectivity index (χ3n) is 2.56. The SMILES string of the molecule is OCCCCCc1cc2ccccc2o1. The Morgan fingerprint density at radius 1 is 1.07 bits per heavy atom. The average molecular weight is 204 g/mol. The molecule has 0 radical (unpaired) electrons. The number of unbranched alkanes of at least 4 members (excludes halogenated alkanes) is 2. The van der Waals surface area contributed by atoms with E-state index in [1.165, 1.54) is 5.39 Å². The summed E-state index contributed by atoms with van der Waals surface area (Å²) in [6.45, 7) is 0.292. The van der Waals surface area contributed by atoms with Crippen LogP contribution in [-0.4, -0.2) is 11.7 Å². The van der Waals surface area contributed by atoms with Gasteiger partial charge in [0.25, 0.3) is 0 Å². The first kappa shape index (κ1) is 10.2. The van der Waals surface area contributed by atoms with Crippen LogP contribution >= 0.6 is 0 Å². The van der Waals surface area contributed by atoms with Gasteiger partial charge in [-0.3, -0.25) is 0 Å². The molecule has 1 aromatic heterocycles.